The van der Waals surface area contributed by atoms with Crippen molar-refractivity contribution in [2.24, 2.45) is 0 Å². The minimum Gasteiger partial charge on any atom is -0.494 e. The summed E-state index contributed by atoms with van der Waals surface area (Å²) in [5, 5.41) is 5.18. The van der Waals surface area contributed by atoms with Crippen LogP contribution in [-0.4, -0.2) is 25.0 Å². The molecule has 0 saturated heterocycles. The van der Waals surface area contributed by atoms with Crippen molar-refractivity contribution in [2.45, 2.75) is 13.8 Å². The number of hydrogen-bond acceptors (Lipinski definition) is 4. The minimum atomic E-state index is -0.421. The summed E-state index contributed by atoms with van der Waals surface area (Å²) in [6, 6.07) is 10.3. The van der Waals surface area contributed by atoms with Crippen LogP contribution in [0.25, 0.3) is 0 Å². The maximum atomic E-state index is 11.8. The van der Waals surface area contributed by atoms with E-state index in [1.807, 2.05) is 6.92 Å². The van der Waals surface area contributed by atoms with E-state index < -0.39 is 5.91 Å². The minimum absolute atomic E-state index is 0.133. The number of hydrogen-bond donors (Lipinski definition) is 2. The molecule has 0 aliphatic rings. The van der Waals surface area contributed by atoms with E-state index >= 15 is 0 Å². The van der Waals surface area contributed by atoms with Gasteiger partial charge in [-0.2, -0.15) is 0 Å². The Labute approximate surface area is 128 Å². The van der Waals surface area contributed by atoms with Gasteiger partial charge in [0, 0.05) is 5.69 Å². The van der Waals surface area contributed by atoms with Crippen LogP contribution in [0, 0.1) is 6.92 Å². The van der Waals surface area contributed by atoms with E-state index in [2.05, 4.69) is 10.6 Å². The lowest BCUT2D eigenvalue weighted by Crippen LogP contribution is -2.32. The average molecular weight is 302 g/mol. The lowest BCUT2D eigenvalue weighted by Gasteiger charge is -2.07. The quantitative estimate of drug-likeness (QED) is 0.858. The Morgan fingerprint density at radius 3 is 2.45 bits per heavy atom. The van der Waals surface area contributed by atoms with Gasteiger partial charge in [0.2, 0.25) is 5.91 Å². The summed E-state index contributed by atoms with van der Waals surface area (Å²) >= 11 is 0. The predicted molar refractivity (Wildman–Crippen MR) is 82.0 cm³/mol. The van der Waals surface area contributed by atoms with E-state index in [9.17, 15) is 9.59 Å². The molecule has 2 rings (SSSR count). The molecule has 6 heteroatoms. The number of aryl methyl sites for hydroxylation is 1. The van der Waals surface area contributed by atoms with Gasteiger partial charge in [0.15, 0.2) is 5.76 Å². The number of amides is 2. The molecule has 116 valence electrons. The van der Waals surface area contributed by atoms with Crippen molar-refractivity contribution in [3.63, 3.8) is 0 Å². The number of ether oxygens (including phenoxy) is 1. The summed E-state index contributed by atoms with van der Waals surface area (Å²) in [7, 11) is 0. The summed E-state index contributed by atoms with van der Waals surface area (Å²) < 4.78 is 10.5. The molecule has 0 unspecified atom stereocenters. The second kappa shape index (κ2) is 7.31. The van der Waals surface area contributed by atoms with Gasteiger partial charge in [-0.05, 0) is 50.2 Å². The number of nitrogens with one attached hydrogen (secondary N) is 2. The number of carbonyl (C=O) groups is 2. The van der Waals surface area contributed by atoms with Crippen molar-refractivity contribution in [2.75, 3.05) is 18.5 Å². The Balaban J connectivity index is 1.81. The highest BCUT2D eigenvalue weighted by atomic mass is 16.5. The van der Waals surface area contributed by atoms with Crippen molar-refractivity contribution in [1.82, 2.24) is 5.32 Å². The standard InChI is InChI=1S/C16H18N2O4/c1-3-21-13-7-5-12(6-8-13)18-15(19)10-17-16(20)14-9-4-11(2)22-14/h4-9H,3,10H2,1-2H3,(H,17,20)(H,18,19). The fourth-order valence-electron chi connectivity index (χ4n) is 1.81. The third-order valence-electron chi connectivity index (χ3n) is 2.82. The summed E-state index contributed by atoms with van der Waals surface area (Å²) in [6.07, 6.45) is 0. The van der Waals surface area contributed by atoms with Crippen molar-refractivity contribution in [3.05, 3.63) is 47.9 Å². The van der Waals surface area contributed by atoms with Gasteiger partial charge >= 0.3 is 0 Å². The third-order valence-corrected chi connectivity index (χ3v) is 2.82. The van der Waals surface area contributed by atoms with Crippen LogP contribution in [0.2, 0.25) is 0 Å². The molecule has 1 aromatic carbocycles. The highest BCUT2D eigenvalue weighted by Crippen LogP contribution is 2.15. The average Bonchev–Trinajstić information content (AvgIpc) is 2.94. The van der Waals surface area contributed by atoms with Crippen LogP contribution >= 0.6 is 0 Å². The Kier molecular flexibility index (Phi) is 5.19. The fourth-order valence-corrected chi connectivity index (χ4v) is 1.81. The normalized spacial score (nSPS) is 10.1. The summed E-state index contributed by atoms with van der Waals surface area (Å²) in [4.78, 5) is 23.5. The first-order valence-corrected chi connectivity index (χ1v) is 6.96. The summed E-state index contributed by atoms with van der Waals surface area (Å²) in [5.41, 5.74) is 0.636. The molecule has 0 spiro atoms. The molecule has 0 bridgehead atoms. The van der Waals surface area contributed by atoms with Crippen LogP contribution in [-0.2, 0) is 4.79 Å². The van der Waals surface area contributed by atoms with E-state index in [0.29, 0.717) is 18.1 Å². The maximum absolute atomic E-state index is 11.8. The van der Waals surface area contributed by atoms with Crippen molar-refractivity contribution >= 4 is 17.5 Å². The molecule has 0 radical (unpaired) electrons. The molecule has 2 amide bonds. The second-order valence-corrected chi connectivity index (χ2v) is 4.60. The molecular weight excluding hydrogens is 284 g/mol. The van der Waals surface area contributed by atoms with Gasteiger partial charge in [-0.1, -0.05) is 0 Å². The van der Waals surface area contributed by atoms with Gasteiger partial charge in [0.25, 0.3) is 5.91 Å². The fraction of sp³-hybridized carbons (Fsp3) is 0.250. The van der Waals surface area contributed by atoms with Gasteiger partial charge in [-0.25, -0.2) is 0 Å². The molecule has 1 heterocycles. The summed E-state index contributed by atoms with van der Waals surface area (Å²) in [5.74, 6) is 0.827. The first-order chi connectivity index (χ1) is 10.6. The molecule has 0 fully saturated rings. The van der Waals surface area contributed by atoms with E-state index in [1.54, 1.807) is 43.3 Å². The topological polar surface area (TPSA) is 80.6 Å². The zero-order chi connectivity index (χ0) is 15.9. The van der Waals surface area contributed by atoms with Gasteiger partial charge in [-0.15, -0.1) is 0 Å². The smallest absolute Gasteiger partial charge is 0.287 e. The molecule has 1 aromatic heterocycles. The maximum Gasteiger partial charge on any atom is 0.287 e. The Bertz CT molecular complexity index is 646. The van der Waals surface area contributed by atoms with Crippen LogP contribution < -0.4 is 15.4 Å². The van der Waals surface area contributed by atoms with Crippen LogP contribution in [0.1, 0.15) is 23.2 Å². The zero-order valence-electron chi connectivity index (χ0n) is 12.5. The highest BCUT2D eigenvalue weighted by Gasteiger charge is 2.11. The molecule has 2 aromatic rings. The molecule has 6 nitrogen and oxygen atoms in total. The van der Waals surface area contributed by atoms with Gasteiger partial charge in [0.05, 0.1) is 13.2 Å². The van der Waals surface area contributed by atoms with E-state index in [-0.39, 0.29) is 18.2 Å². The number of benzene rings is 1. The molecule has 22 heavy (non-hydrogen) atoms. The van der Waals surface area contributed by atoms with Gasteiger partial charge in [0.1, 0.15) is 11.5 Å². The zero-order valence-corrected chi connectivity index (χ0v) is 12.5. The van der Waals surface area contributed by atoms with Crippen LogP contribution in [0.4, 0.5) is 5.69 Å². The SMILES string of the molecule is CCOc1ccc(NC(=O)CNC(=O)c2ccc(C)o2)cc1. The van der Waals surface area contributed by atoms with Crippen molar-refractivity contribution < 1.29 is 18.7 Å². The third kappa shape index (κ3) is 4.37. The van der Waals surface area contributed by atoms with E-state index in [4.69, 9.17) is 9.15 Å². The number of furan rings is 1. The molecule has 0 saturated carbocycles. The molecule has 2 N–H and O–H groups in total. The first-order valence-electron chi connectivity index (χ1n) is 6.96. The van der Waals surface area contributed by atoms with Crippen LogP contribution in [0.5, 0.6) is 5.75 Å². The van der Waals surface area contributed by atoms with E-state index in [1.165, 1.54) is 0 Å². The number of carbonyl (C=O) groups excluding carboxylic acids is 2. The largest absolute Gasteiger partial charge is 0.494 e. The Morgan fingerprint density at radius 2 is 1.86 bits per heavy atom. The number of rotatable bonds is 6. The van der Waals surface area contributed by atoms with Gasteiger partial charge < -0.3 is 19.8 Å². The van der Waals surface area contributed by atoms with Gasteiger partial charge in [-0.3, -0.25) is 9.59 Å². The highest BCUT2D eigenvalue weighted by molar-refractivity contribution is 5.98. The predicted octanol–water partition coefficient (Wildman–Crippen LogP) is 2.36. The molecular formula is C16H18N2O4. The van der Waals surface area contributed by atoms with Crippen LogP contribution in [0.3, 0.4) is 0 Å². The van der Waals surface area contributed by atoms with Crippen molar-refractivity contribution in [3.8, 4) is 5.75 Å². The lowest BCUT2D eigenvalue weighted by atomic mass is 10.3. The number of anilines is 1. The monoisotopic (exact) mass is 302 g/mol. The Morgan fingerprint density at radius 1 is 1.14 bits per heavy atom. The molecule has 0 aliphatic heterocycles. The Hall–Kier alpha value is -2.76. The lowest BCUT2D eigenvalue weighted by molar-refractivity contribution is -0.115. The molecule has 0 atom stereocenters. The van der Waals surface area contributed by atoms with E-state index in [0.717, 1.165) is 5.75 Å². The van der Waals surface area contributed by atoms with Crippen molar-refractivity contribution in [1.29, 1.82) is 0 Å². The van der Waals surface area contributed by atoms with Crippen LogP contribution in [0.15, 0.2) is 40.8 Å². The second-order valence-electron chi connectivity index (χ2n) is 4.60. The molecule has 0 aliphatic carbocycles. The summed E-state index contributed by atoms with van der Waals surface area (Å²) in [6.45, 7) is 4.10. The first kappa shape index (κ1) is 15.6.